The standard InChI is InChI=1S/C50H90N4O9S2/c1-10-11-12-13-14-15-16-17-18-19-20-21-22-26-45(57)52-31-29-47(59)53(8)36-44(56)35-42(49(61)54(9)37-43(55)34-40(6)48(60)38(2)3)25-23-24-30-51-46(58)28-27-41(7)65-64-33-32-63-50(62)39(4)5/h38-42H,10-37H2,1-9H3,(H,51,58)(H,52,57)/t40-,41?,42-/m1/s1. The van der Waals surface area contributed by atoms with E-state index in [1.54, 1.807) is 56.2 Å². The molecule has 0 heterocycles. The number of hydrogen-bond acceptors (Lipinski definition) is 11. The zero-order valence-corrected chi connectivity index (χ0v) is 43.7. The highest BCUT2D eigenvalue weighted by atomic mass is 33.1. The lowest BCUT2D eigenvalue weighted by molar-refractivity contribution is -0.146. The van der Waals surface area contributed by atoms with Gasteiger partial charge in [0, 0.05) is 88.0 Å². The minimum atomic E-state index is -0.733. The maximum Gasteiger partial charge on any atom is 0.308 e. The summed E-state index contributed by atoms with van der Waals surface area (Å²) in [5, 5.41) is 6.00. The smallest absolute Gasteiger partial charge is 0.308 e. The van der Waals surface area contributed by atoms with Crippen LogP contribution in [-0.2, 0) is 43.1 Å². The molecule has 0 spiro atoms. The van der Waals surface area contributed by atoms with Gasteiger partial charge in [-0.25, -0.2) is 0 Å². The number of likely N-dealkylation sites (N-methyl/N-ethyl adjacent to an activating group) is 2. The van der Waals surface area contributed by atoms with Crippen molar-refractivity contribution in [1.29, 1.82) is 0 Å². The minimum absolute atomic E-state index is 0.0144. The lowest BCUT2D eigenvalue weighted by atomic mass is 9.92. The van der Waals surface area contributed by atoms with E-state index >= 15 is 0 Å². The molecule has 2 N–H and O–H groups in total. The van der Waals surface area contributed by atoms with Crippen molar-refractivity contribution >= 4 is 68.5 Å². The van der Waals surface area contributed by atoms with Gasteiger partial charge >= 0.3 is 5.97 Å². The van der Waals surface area contributed by atoms with Crippen molar-refractivity contribution in [1.82, 2.24) is 20.4 Å². The highest BCUT2D eigenvalue weighted by Gasteiger charge is 2.28. The Morgan fingerprint density at radius 1 is 0.569 bits per heavy atom. The van der Waals surface area contributed by atoms with E-state index in [2.05, 4.69) is 24.5 Å². The molecule has 15 heteroatoms. The number of rotatable bonds is 42. The van der Waals surface area contributed by atoms with Gasteiger partial charge in [0.1, 0.15) is 12.4 Å². The third kappa shape index (κ3) is 34.1. The molecule has 0 aliphatic carbocycles. The van der Waals surface area contributed by atoms with E-state index < -0.39 is 11.8 Å². The first-order chi connectivity index (χ1) is 30.9. The van der Waals surface area contributed by atoms with Crippen LogP contribution >= 0.6 is 21.6 Å². The Balaban J connectivity index is 4.86. The normalized spacial score (nSPS) is 12.7. The molecule has 0 saturated heterocycles. The van der Waals surface area contributed by atoms with Crippen molar-refractivity contribution in [3.8, 4) is 0 Å². The number of carbonyl (C=O) groups is 8. The molecule has 0 aromatic heterocycles. The fourth-order valence-corrected chi connectivity index (χ4v) is 9.52. The summed E-state index contributed by atoms with van der Waals surface area (Å²) in [4.78, 5) is 104. The molecule has 0 aromatic rings. The van der Waals surface area contributed by atoms with E-state index in [9.17, 15) is 38.4 Å². The molecule has 0 fully saturated rings. The molecular weight excluding hydrogens is 865 g/mol. The molecular formula is C50H90N4O9S2. The summed E-state index contributed by atoms with van der Waals surface area (Å²) in [7, 11) is 6.32. The highest BCUT2D eigenvalue weighted by Crippen LogP contribution is 2.29. The van der Waals surface area contributed by atoms with Crippen molar-refractivity contribution < 1.29 is 43.1 Å². The second-order valence-electron chi connectivity index (χ2n) is 18.6. The van der Waals surface area contributed by atoms with Crippen molar-refractivity contribution in [2.75, 3.05) is 52.6 Å². The van der Waals surface area contributed by atoms with Crippen LogP contribution in [-0.4, -0.2) is 115 Å². The van der Waals surface area contributed by atoms with Gasteiger partial charge in [0.05, 0.1) is 19.0 Å². The molecule has 1 unspecified atom stereocenters. The van der Waals surface area contributed by atoms with Gasteiger partial charge in [0.25, 0.3) is 0 Å². The number of Topliss-reactive ketones (excluding diaryl/α,β-unsaturated/α-hetero) is 3. The largest absolute Gasteiger partial charge is 0.465 e. The fraction of sp³-hybridized carbons (Fsp3) is 0.840. The van der Waals surface area contributed by atoms with Crippen LogP contribution in [0.2, 0.25) is 0 Å². The molecule has 0 aromatic carbocycles. The molecule has 13 nitrogen and oxygen atoms in total. The Morgan fingerprint density at radius 2 is 1.11 bits per heavy atom. The molecule has 376 valence electrons. The summed E-state index contributed by atoms with van der Waals surface area (Å²) < 4.78 is 5.19. The number of carbonyl (C=O) groups excluding carboxylic acids is 8. The summed E-state index contributed by atoms with van der Waals surface area (Å²) in [5.74, 6) is -2.43. The predicted molar refractivity (Wildman–Crippen MR) is 266 cm³/mol. The van der Waals surface area contributed by atoms with Crippen LogP contribution in [0, 0.1) is 23.7 Å². The van der Waals surface area contributed by atoms with Crippen molar-refractivity contribution in [3.63, 3.8) is 0 Å². The first-order valence-corrected chi connectivity index (χ1v) is 27.3. The maximum absolute atomic E-state index is 13.7. The number of esters is 1. The summed E-state index contributed by atoms with van der Waals surface area (Å²) >= 11 is 0. The molecule has 4 amide bonds. The molecule has 0 bridgehead atoms. The number of hydrogen-bond donors (Lipinski definition) is 2. The second kappa shape index (κ2) is 39.1. The second-order valence-corrected chi connectivity index (χ2v) is 21.5. The molecule has 0 radical (unpaired) electrons. The van der Waals surface area contributed by atoms with Crippen molar-refractivity contribution in [3.05, 3.63) is 0 Å². The molecule has 0 aliphatic rings. The average Bonchev–Trinajstić information content (AvgIpc) is 3.25. The molecule has 0 saturated carbocycles. The highest BCUT2D eigenvalue weighted by molar-refractivity contribution is 8.76. The number of amides is 4. The van der Waals surface area contributed by atoms with Gasteiger partial charge in [-0.05, 0) is 25.7 Å². The number of ketones is 3. The number of unbranched alkanes of at least 4 members (excludes halogenated alkanes) is 13. The summed E-state index contributed by atoms with van der Waals surface area (Å²) in [6.45, 7) is 13.8. The number of nitrogens with one attached hydrogen (secondary N) is 2. The minimum Gasteiger partial charge on any atom is -0.465 e. The summed E-state index contributed by atoms with van der Waals surface area (Å²) in [6, 6.07) is 0. The Bertz CT molecular complexity index is 1400. The third-order valence-corrected chi connectivity index (χ3v) is 14.3. The maximum atomic E-state index is 13.7. The monoisotopic (exact) mass is 955 g/mol. The molecule has 65 heavy (non-hydrogen) atoms. The van der Waals surface area contributed by atoms with Crippen molar-refractivity contribution in [2.24, 2.45) is 23.7 Å². The lowest BCUT2D eigenvalue weighted by Crippen LogP contribution is -2.40. The van der Waals surface area contributed by atoms with Gasteiger partial charge in [-0.3, -0.25) is 38.4 Å². The van der Waals surface area contributed by atoms with Crippen LogP contribution in [0.1, 0.15) is 190 Å². The Kier molecular flexibility index (Phi) is 37.3. The van der Waals surface area contributed by atoms with Gasteiger partial charge in [0.2, 0.25) is 23.6 Å². The van der Waals surface area contributed by atoms with E-state index in [0.29, 0.717) is 57.4 Å². The van der Waals surface area contributed by atoms with Crippen LogP contribution < -0.4 is 10.6 Å². The Labute approximate surface area is 401 Å². The zero-order valence-electron chi connectivity index (χ0n) is 42.1. The van der Waals surface area contributed by atoms with Gasteiger partial charge in [-0.2, -0.15) is 0 Å². The van der Waals surface area contributed by atoms with E-state index in [-0.39, 0.29) is 103 Å². The number of ether oxygens (including phenoxy) is 1. The zero-order chi connectivity index (χ0) is 49.0. The quantitative estimate of drug-likeness (QED) is 0.0339. The number of nitrogens with zero attached hydrogens (tertiary/aromatic N) is 2. The van der Waals surface area contributed by atoms with Gasteiger partial charge in [-0.15, -0.1) is 0 Å². The van der Waals surface area contributed by atoms with Crippen LogP contribution in [0.3, 0.4) is 0 Å². The van der Waals surface area contributed by atoms with Crippen LogP contribution in [0.5, 0.6) is 0 Å². The van der Waals surface area contributed by atoms with E-state index in [0.717, 1.165) is 19.3 Å². The fourth-order valence-electron chi connectivity index (χ4n) is 7.35. The SMILES string of the molecule is CCCCCCCCCCCCCCCC(=O)NCCC(=O)N(C)CC(=O)C[C@@H](CCCCNC(=O)CCC(C)SSCCOC(=O)C(C)C)C(=O)N(C)CC(=O)C[C@@H](C)C(=O)C(C)C. The first-order valence-electron chi connectivity index (χ1n) is 24.9. The van der Waals surface area contributed by atoms with Crippen molar-refractivity contribution in [2.45, 2.75) is 195 Å². The lowest BCUT2D eigenvalue weighted by Gasteiger charge is -2.24. The van der Waals surface area contributed by atoms with Crippen LogP contribution in [0.15, 0.2) is 0 Å². The molecule has 3 atom stereocenters. The predicted octanol–water partition coefficient (Wildman–Crippen LogP) is 9.32. The van der Waals surface area contributed by atoms with E-state index in [1.165, 1.54) is 88.1 Å². The van der Waals surface area contributed by atoms with E-state index in [4.69, 9.17) is 4.74 Å². The van der Waals surface area contributed by atoms with Gasteiger partial charge in [-0.1, -0.05) is 154 Å². The summed E-state index contributed by atoms with van der Waals surface area (Å²) in [5.41, 5.74) is 0. The van der Waals surface area contributed by atoms with Gasteiger partial charge < -0.3 is 25.2 Å². The Morgan fingerprint density at radius 3 is 1.69 bits per heavy atom. The van der Waals surface area contributed by atoms with E-state index in [1.807, 2.05) is 0 Å². The van der Waals surface area contributed by atoms with Crippen LogP contribution in [0.25, 0.3) is 0 Å². The summed E-state index contributed by atoms with van der Waals surface area (Å²) in [6.07, 6.45) is 19.0. The third-order valence-electron chi connectivity index (χ3n) is 11.4. The topological polar surface area (TPSA) is 176 Å². The first kappa shape index (κ1) is 62.1. The van der Waals surface area contributed by atoms with Crippen LogP contribution in [0.4, 0.5) is 0 Å². The Hall–Kier alpha value is -2.94. The molecule has 0 rings (SSSR count). The van der Waals surface area contributed by atoms with Gasteiger partial charge in [0.15, 0.2) is 11.6 Å². The molecule has 0 aliphatic heterocycles. The average molecular weight is 955 g/mol.